The van der Waals surface area contributed by atoms with Crippen LogP contribution in [-0.4, -0.2) is 36.2 Å². The lowest BCUT2D eigenvalue weighted by molar-refractivity contribution is 0.0900. The summed E-state index contributed by atoms with van der Waals surface area (Å²) in [6.07, 6.45) is 1.14. The maximum atomic E-state index is 9.58. The van der Waals surface area contributed by atoms with Crippen LogP contribution in [0.1, 0.15) is 17.9 Å². The molecule has 0 saturated carbocycles. The Morgan fingerprint density at radius 1 is 1.10 bits per heavy atom. The van der Waals surface area contributed by atoms with E-state index in [9.17, 15) is 5.11 Å². The molecule has 1 saturated heterocycles. The molecule has 1 N–H and O–H groups in total. The molecule has 1 aliphatic rings. The summed E-state index contributed by atoms with van der Waals surface area (Å²) in [4.78, 5) is 2.35. The zero-order chi connectivity index (χ0) is 14.7. The first-order valence-electron chi connectivity index (χ1n) is 7.41. The molecule has 0 aliphatic carbocycles. The summed E-state index contributed by atoms with van der Waals surface area (Å²) in [5.74, 6) is 1.34. The molecule has 2 atom stereocenters. The van der Waals surface area contributed by atoms with E-state index < -0.39 is 0 Å². The van der Waals surface area contributed by atoms with E-state index in [0.29, 0.717) is 5.92 Å². The summed E-state index contributed by atoms with van der Waals surface area (Å²) < 4.78 is 6.16. The van der Waals surface area contributed by atoms with Crippen LogP contribution >= 0.6 is 0 Å². The van der Waals surface area contributed by atoms with E-state index >= 15 is 0 Å². The largest absolute Gasteiger partial charge is 0.508 e. The van der Waals surface area contributed by atoms with Crippen LogP contribution in [0, 0.1) is 0 Å². The van der Waals surface area contributed by atoms with Crippen LogP contribution < -0.4 is 4.74 Å². The van der Waals surface area contributed by atoms with Gasteiger partial charge >= 0.3 is 0 Å². The van der Waals surface area contributed by atoms with Gasteiger partial charge in [0.25, 0.3) is 0 Å². The molecule has 3 heteroatoms. The summed E-state index contributed by atoms with van der Waals surface area (Å²) in [6, 6.07) is 17.6. The summed E-state index contributed by atoms with van der Waals surface area (Å²) >= 11 is 0. The number of rotatable bonds is 3. The van der Waals surface area contributed by atoms with E-state index in [-0.39, 0.29) is 11.9 Å². The summed E-state index contributed by atoms with van der Waals surface area (Å²) in [6.45, 7) is 2.03. The van der Waals surface area contributed by atoms with Crippen molar-refractivity contribution in [2.45, 2.75) is 18.4 Å². The van der Waals surface area contributed by atoms with Gasteiger partial charge in [0.2, 0.25) is 0 Å². The molecular formula is C18H21NO2. The third kappa shape index (κ3) is 3.37. The Hall–Kier alpha value is -2.00. The lowest BCUT2D eigenvalue weighted by Crippen LogP contribution is -2.42. The minimum atomic E-state index is 0.144. The molecule has 0 radical (unpaired) electrons. The van der Waals surface area contributed by atoms with Gasteiger partial charge in [-0.1, -0.05) is 36.4 Å². The number of hydrogen-bond acceptors (Lipinski definition) is 3. The molecular weight excluding hydrogens is 262 g/mol. The van der Waals surface area contributed by atoms with Crippen LogP contribution in [0.25, 0.3) is 0 Å². The maximum absolute atomic E-state index is 9.58. The van der Waals surface area contributed by atoms with Crippen LogP contribution in [0.2, 0.25) is 0 Å². The van der Waals surface area contributed by atoms with Crippen LogP contribution in [0.3, 0.4) is 0 Å². The second kappa shape index (κ2) is 6.19. The molecule has 1 aliphatic heterocycles. The molecule has 3 nitrogen and oxygen atoms in total. The Labute approximate surface area is 125 Å². The average Bonchev–Trinajstić information content (AvgIpc) is 2.50. The van der Waals surface area contributed by atoms with E-state index in [4.69, 9.17) is 4.74 Å². The van der Waals surface area contributed by atoms with Crippen molar-refractivity contribution in [3.8, 4) is 11.5 Å². The monoisotopic (exact) mass is 283 g/mol. The predicted octanol–water partition coefficient (Wildman–Crippen LogP) is 3.26. The van der Waals surface area contributed by atoms with Crippen molar-refractivity contribution in [2.24, 2.45) is 0 Å². The molecule has 3 rings (SSSR count). The fraction of sp³-hybridized carbons (Fsp3) is 0.333. The highest BCUT2D eigenvalue weighted by Crippen LogP contribution is 2.31. The molecule has 21 heavy (non-hydrogen) atoms. The fourth-order valence-corrected chi connectivity index (χ4v) is 2.99. The van der Waals surface area contributed by atoms with Crippen LogP contribution in [0.5, 0.6) is 11.5 Å². The number of phenolic OH excluding ortho intramolecular Hbond substituents is 1. The lowest BCUT2D eigenvalue weighted by Gasteiger charge is -2.37. The summed E-state index contributed by atoms with van der Waals surface area (Å²) in [7, 11) is 2.15. The molecule has 0 aromatic heterocycles. The Bertz CT molecular complexity index is 585. The third-order valence-electron chi connectivity index (χ3n) is 4.09. The highest BCUT2D eigenvalue weighted by atomic mass is 16.5. The molecule has 1 fully saturated rings. The molecule has 0 amide bonds. The highest BCUT2D eigenvalue weighted by Gasteiger charge is 2.30. The van der Waals surface area contributed by atoms with Gasteiger partial charge < -0.3 is 14.7 Å². The van der Waals surface area contributed by atoms with Gasteiger partial charge in [-0.25, -0.2) is 0 Å². The number of hydrogen-bond donors (Lipinski definition) is 1. The van der Waals surface area contributed by atoms with E-state index in [0.717, 1.165) is 25.3 Å². The number of nitrogens with zero attached hydrogens (tertiary/aromatic N) is 1. The number of likely N-dealkylation sites (tertiary alicyclic amines) is 1. The molecule has 0 unspecified atom stereocenters. The average molecular weight is 283 g/mol. The predicted molar refractivity (Wildman–Crippen MR) is 83.8 cm³/mol. The molecule has 0 spiro atoms. The van der Waals surface area contributed by atoms with Crippen molar-refractivity contribution < 1.29 is 9.84 Å². The minimum absolute atomic E-state index is 0.144. The molecule has 2 aromatic carbocycles. The van der Waals surface area contributed by atoms with Crippen LogP contribution in [0.4, 0.5) is 0 Å². The zero-order valence-corrected chi connectivity index (χ0v) is 12.3. The van der Waals surface area contributed by atoms with Gasteiger partial charge in [-0.05, 0) is 31.2 Å². The van der Waals surface area contributed by atoms with Crippen LogP contribution in [0.15, 0.2) is 54.6 Å². The van der Waals surface area contributed by atoms with E-state index in [1.165, 1.54) is 5.56 Å². The number of aromatic hydroxyl groups is 1. The SMILES string of the molecule is CN1CC[C@H](Oc2cccc(O)c2)[C@@H](c2ccccc2)C1. The first-order valence-corrected chi connectivity index (χ1v) is 7.41. The Balaban J connectivity index is 1.81. The van der Waals surface area contributed by atoms with Crippen molar-refractivity contribution >= 4 is 0 Å². The van der Waals surface area contributed by atoms with E-state index in [1.54, 1.807) is 12.1 Å². The van der Waals surface area contributed by atoms with Gasteiger partial charge in [0.1, 0.15) is 17.6 Å². The lowest BCUT2D eigenvalue weighted by atomic mass is 9.88. The topological polar surface area (TPSA) is 32.7 Å². The molecule has 110 valence electrons. The van der Waals surface area contributed by atoms with E-state index in [1.807, 2.05) is 18.2 Å². The fourth-order valence-electron chi connectivity index (χ4n) is 2.99. The normalized spacial score (nSPS) is 22.9. The van der Waals surface area contributed by atoms with Gasteiger partial charge in [-0.15, -0.1) is 0 Å². The summed E-state index contributed by atoms with van der Waals surface area (Å²) in [5.41, 5.74) is 1.31. The van der Waals surface area contributed by atoms with Crippen molar-refractivity contribution in [3.63, 3.8) is 0 Å². The number of likely N-dealkylation sites (N-methyl/N-ethyl adjacent to an activating group) is 1. The first kappa shape index (κ1) is 14.0. The third-order valence-corrected chi connectivity index (χ3v) is 4.09. The van der Waals surface area contributed by atoms with Gasteiger partial charge in [0.05, 0.1) is 0 Å². The van der Waals surface area contributed by atoms with Gasteiger partial charge in [-0.3, -0.25) is 0 Å². The smallest absolute Gasteiger partial charge is 0.123 e. The standard InChI is InChI=1S/C18H21NO2/c1-19-11-10-18(21-16-9-5-8-15(20)12-16)17(13-19)14-6-3-2-4-7-14/h2-9,12,17-18,20H,10-11,13H2,1H3/t17-,18+/m1/s1. The van der Waals surface area contributed by atoms with Gasteiger partial charge in [0, 0.05) is 25.1 Å². The Kier molecular flexibility index (Phi) is 4.11. The van der Waals surface area contributed by atoms with Crippen molar-refractivity contribution in [1.82, 2.24) is 4.90 Å². The van der Waals surface area contributed by atoms with Gasteiger partial charge in [-0.2, -0.15) is 0 Å². The van der Waals surface area contributed by atoms with E-state index in [2.05, 4.69) is 36.2 Å². The van der Waals surface area contributed by atoms with Crippen molar-refractivity contribution in [3.05, 3.63) is 60.2 Å². The molecule has 0 bridgehead atoms. The van der Waals surface area contributed by atoms with Gasteiger partial charge in [0.15, 0.2) is 0 Å². The summed E-state index contributed by atoms with van der Waals surface area (Å²) in [5, 5.41) is 9.58. The number of phenols is 1. The molecule has 2 aromatic rings. The van der Waals surface area contributed by atoms with Crippen LogP contribution in [-0.2, 0) is 0 Å². The maximum Gasteiger partial charge on any atom is 0.123 e. The second-order valence-electron chi connectivity index (χ2n) is 5.72. The number of benzene rings is 2. The first-order chi connectivity index (χ1) is 10.2. The minimum Gasteiger partial charge on any atom is -0.508 e. The second-order valence-corrected chi connectivity index (χ2v) is 5.72. The quantitative estimate of drug-likeness (QED) is 0.938. The Morgan fingerprint density at radius 3 is 2.67 bits per heavy atom. The number of ether oxygens (including phenoxy) is 1. The van der Waals surface area contributed by atoms with Crippen molar-refractivity contribution in [2.75, 3.05) is 20.1 Å². The van der Waals surface area contributed by atoms with Crippen molar-refractivity contribution in [1.29, 1.82) is 0 Å². The Morgan fingerprint density at radius 2 is 1.90 bits per heavy atom. The molecule has 1 heterocycles. The zero-order valence-electron chi connectivity index (χ0n) is 12.3. The highest BCUT2D eigenvalue weighted by molar-refractivity contribution is 5.32. The number of piperidine rings is 1.